The number of nitriles is 1. The van der Waals surface area contributed by atoms with Gasteiger partial charge in [0.25, 0.3) is 5.69 Å². The summed E-state index contributed by atoms with van der Waals surface area (Å²) in [5, 5.41) is 26.0. The van der Waals surface area contributed by atoms with Gasteiger partial charge in [0.2, 0.25) is 0 Å². The number of non-ortho nitro benzene ring substituents is 1. The first-order chi connectivity index (χ1) is 7.06. The highest BCUT2D eigenvalue weighted by Crippen LogP contribution is 2.15. The molecule has 0 amide bonds. The van der Waals surface area contributed by atoms with Gasteiger partial charge >= 0.3 is 0 Å². The van der Waals surface area contributed by atoms with E-state index in [2.05, 4.69) is 0 Å². The largest absolute Gasteiger partial charge is 0.397 e. The van der Waals surface area contributed by atoms with Gasteiger partial charge in [0.1, 0.15) is 11.9 Å². The van der Waals surface area contributed by atoms with Gasteiger partial charge < -0.3 is 11.3 Å². The van der Waals surface area contributed by atoms with E-state index < -0.39 is 10.7 Å². The minimum absolute atomic E-state index is 0. The highest BCUT2D eigenvalue weighted by Gasteiger charge is 2.09. The van der Waals surface area contributed by atoms with Crippen LogP contribution in [0, 0.1) is 27.3 Å². The number of halogens is 1. The lowest BCUT2D eigenvalue weighted by Crippen LogP contribution is -1.90. The van der Waals surface area contributed by atoms with Crippen molar-refractivity contribution in [1.82, 2.24) is 6.15 Å². The maximum atomic E-state index is 12.6. The molecule has 1 aromatic carbocycles. The van der Waals surface area contributed by atoms with Crippen LogP contribution in [0.1, 0.15) is 12.5 Å². The highest BCUT2D eigenvalue weighted by molar-refractivity contribution is 5.41. The number of benzene rings is 1. The SMILES string of the molecule is CCO.N.N#Cc1cc([N+](=O)[O-])ccc1F. The van der Waals surface area contributed by atoms with Crippen LogP contribution < -0.4 is 6.15 Å². The lowest BCUT2D eigenvalue weighted by molar-refractivity contribution is -0.384. The van der Waals surface area contributed by atoms with Gasteiger partial charge in [-0.05, 0) is 13.0 Å². The fourth-order valence-electron chi connectivity index (χ4n) is 0.713. The van der Waals surface area contributed by atoms with E-state index >= 15 is 0 Å². The van der Waals surface area contributed by atoms with E-state index in [1.54, 1.807) is 6.92 Å². The van der Waals surface area contributed by atoms with E-state index in [1.165, 1.54) is 6.07 Å². The summed E-state index contributed by atoms with van der Waals surface area (Å²) < 4.78 is 12.6. The Balaban J connectivity index is 0. The van der Waals surface area contributed by atoms with Gasteiger partial charge in [0, 0.05) is 18.7 Å². The topological polar surface area (TPSA) is 122 Å². The fraction of sp³-hybridized carbons (Fsp3) is 0.222. The Bertz CT molecular complexity index is 390. The molecule has 0 aliphatic heterocycles. The van der Waals surface area contributed by atoms with Gasteiger partial charge in [-0.1, -0.05) is 0 Å². The zero-order valence-corrected chi connectivity index (χ0v) is 8.68. The average molecular weight is 229 g/mol. The van der Waals surface area contributed by atoms with Gasteiger partial charge in [-0.3, -0.25) is 10.1 Å². The van der Waals surface area contributed by atoms with Crippen LogP contribution in [0.25, 0.3) is 0 Å². The lowest BCUT2D eigenvalue weighted by Gasteiger charge is -1.92. The van der Waals surface area contributed by atoms with Crippen molar-refractivity contribution in [3.05, 3.63) is 39.7 Å². The number of nitro benzene ring substituents is 1. The fourth-order valence-corrected chi connectivity index (χ4v) is 0.713. The molecule has 0 aliphatic rings. The first-order valence-electron chi connectivity index (χ1n) is 4.01. The van der Waals surface area contributed by atoms with Gasteiger partial charge in [-0.25, -0.2) is 4.39 Å². The number of hydrogen-bond donors (Lipinski definition) is 2. The van der Waals surface area contributed by atoms with Crippen molar-refractivity contribution in [2.45, 2.75) is 6.92 Å². The Labute approximate surface area is 91.7 Å². The first-order valence-corrected chi connectivity index (χ1v) is 4.01. The molecule has 7 heteroatoms. The van der Waals surface area contributed by atoms with Crippen LogP contribution in [0.15, 0.2) is 18.2 Å². The predicted octanol–water partition coefficient (Wildman–Crippen LogP) is 1.77. The van der Waals surface area contributed by atoms with Crippen LogP contribution in [0.2, 0.25) is 0 Å². The molecular weight excluding hydrogens is 217 g/mol. The Morgan fingerprint density at radius 3 is 2.50 bits per heavy atom. The monoisotopic (exact) mass is 229 g/mol. The standard InChI is InChI=1S/C7H3FN2O2.C2H6O.H3N/c8-7-2-1-6(10(11)12)3-5(7)4-9;1-2-3;/h1-3H;3H,2H2,1H3;1H3. The van der Waals surface area contributed by atoms with Crippen molar-refractivity contribution in [1.29, 1.82) is 5.26 Å². The Morgan fingerprint density at radius 1 is 1.62 bits per heavy atom. The molecule has 0 spiro atoms. The molecule has 0 unspecified atom stereocenters. The second-order valence-electron chi connectivity index (χ2n) is 2.35. The van der Waals surface area contributed by atoms with Crippen molar-refractivity contribution >= 4 is 5.69 Å². The molecule has 0 saturated heterocycles. The van der Waals surface area contributed by atoms with E-state index in [1.807, 2.05) is 0 Å². The summed E-state index contributed by atoms with van der Waals surface area (Å²) in [7, 11) is 0. The Hall–Kier alpha value is -2.04. The van der Waals surface area contributed by atoms with Crippen LogP contribution in [-0.4, -0.2) is 16.6 Å². The van der Waals surface area contributed by atoms with E-state index in [0.29, 0.717) is 0 Å². The van der Waals surface area contributed by atoms with Crippen LogP contribution in [0.5, 0.6) is 0 Å². The number of hydrogen-bond acceptors (Lipinski definition) is 5. The van der Waals surface area contributed by atoms with Crippen molar-refractivity contribution < 1.29 is 14.4 Å². The third kappa shape index (κ3) is 4.99. The van der Waals surface area contributed by atoms with Crippen molar-refractivity contribution in [3.63, 3.8) is 0 Å². The van der Waals surface area contributed by atoms with E-state index in [-0.39, 0.29) is 24.0 Å². The molecule has 4 N–H and O–H groups in total. The maximum Gasteiger partial charge on any atom is 0.270 e. The number of aliphatic hydroxyl groups is 1. The summed E-state index contributed by atoms with van der Waals surface area (Å²) in [6.45, 7) is 1.93. The lowest BCUT2D eigenvalue weighted by atomic mass is 10.2. The summed E-state index contributed by atoms with van der Waals surface area (Å²) in [5.41, 5.74) is -0.600. The van der Waals surface area contributed by atoms with Crippen molar-refractivity contribution in [3.8, 4) is 6.07 Å². The number of aliphatic hydroxyl groups excluding tert-OH is 1. The maximum absolute atomic E-state index is 12.6. The van der Waals surface area contributed by atoms with Gasteiger partial charge in [0.15, 0.2) is 0 Å². The Morgan fingerprint density at radius 2 is 2.12 bits per heavy atom. The second kappa shape index (κ2) is 8.28. The van der Waals surface area contributed by atoms with E-state index in [0.717, 1.165) is 18.2 Å². The molecule has 0 bridgehead atoms. The minimum Gasteiger partial charge on any atom is -0.397 e. The molecule has 88 valence electrons. The molecule has 0 heterocycles. The van der Waals surface area contributed by atoms with E-state index in [4.69, 9.17) is 10.4 Å². The molecule has 6 nitrogen and oxygen atoms in total. The second-order valence-corrected chi connectivity index (χ2v) is 2.35. The summed E-state index contributed by atoms with van der Waals surface area (Å²) >= 11 is 0. The Kier molecular flexibility index (Phi) is 8.49. The van der Waals surface area contributed by atoms with Crippen LogP contribution in [0.3, 0.4) is 0 Å². The normalized spacial score (nSPS) is 7.88. The molecule has 16 heavy (non-hydrogen) atoms. The van der Waals surface area contributed by atoms with Crippen molar-refractivity contribution in [2.75, 3.05) is 6.61 Å². The third-order valence-electron chi connectivity index (χ3n) is 1.28. The number of rotatable bonds is 1. The van der Waals surface area contributed by atoms with Crippen LogP contribution in [0.4, 0.5) is 10.1 Å². The quantitative estimate of drug-likeness (QED) is 0.561. The molecule has 0 radical (unpaired) electrons. The molecular formula is C9H12FN3O3. The summed E-state index contributed by atoms with van der Waals surface area (Å²) in [6, 6.07) is 4.32. The van der Waals surface area contributed by atoms with Crippen LogP contribution >= 0.6 is 0 Å². The molecule has 0 aliphatic carbocycles. The summed E-state index contributed by atoms with van der Waals surface area (Å²) in [5.74, 6) is -0.747. The van der Waals surface area contributed by atoms with Crippen LogP contribution in [-0.2, 0) is 0 Å². The van der Waals surface area contributed by atoms with Gasteiger partial charge in [0.05, 0.1) is 10.5 Å². The summed E-state index contributed by atoms with van der Waals surface area (Å²) in [4.78, 5) is 9.47. The first kappa shape index (κ1) is 16.4. The zero-order valence-electron chi connectivity index (χ0n) is 8.68. The molecule has 1 rings (SSSR count). The number of nitrogens with zero attached hydrogens (tertiary/aromatic N) is 2. The molecule has 0 aromatic heterocycles. The molecule has 0 fully saturated rings. The molecule has 0 saturated carbocycles. The highest BCUT2D eigenvalue weighted by atomic mass is 19.1. The zero-order chi connectivity index (χ0) is 11.8. The minimum atomic E-state index is -0.747. The smallest absolute Gasteiger partial charge is 0.270 e. The average Bonchev–Trinajstić information content (AvgIpc) is 2.19. The predicted molar refractivity (Wildman–Crippen MR) is 55.6 cm³/mol. The summed E-state index contributed by atoms with van der Waals surface area (Å²) in [6.07, 6.45) is 0. The van der Waals surface area contributed by atoms with Gasteiger partial charge in [-0.15, -0.1) is 0 Å². The molecule has 1 aromatic rings. The molecule has 0 atom stereocenters. The van der Waals surface area contributed by atoms with Crippen molar-refractivity contribution in [2.24, 2.45) is 0 Å². The van der Waals surface area contributed by atoms with E-state index in [9.17, 15) is 14.5 Å². The third-order valence-corrected chi connectivity index (χ3v) is 1.28. The van der Waals surface area contributed by atoms with Gasteiger partial charge in [-0.2, -0.15) is 5.26 Å². The number of nitro groups is 1.